The van der Waals surface area contributed by atoms with Gasteiger partial charge in [-0.3, -0.25) is 4.67 Å². The molecule has 2 unspecified atom stereocenters. The average molecular weight is 299 g/mol. The molecule has 1 heterocycles. The SMILES string of the molecule is CN(C)P1(=O)C(c2ccccc2)CCC1c1ccccc1. The van der Waals surface area contributed by atoms with E-state index in [1.54, 1.807) is 0 Å². The highest BCUT2D eigenvalue weighted by Crippen LogP contribution is 2.77. The lowest BCUT2D eigenvalue weighted by Gasteiger charge is -2.32. The van der Waals surface area contributed by atoms with Crippen molar-refractivity contribution >= 4 is 7.29 Å². The van der Waals surface area contributed by atoms with E-state index in [9.17, 15) is 4.57 Å². The van der Waals surface area contributed by atoms with Gasteiger partial charge in [-0.25, -0.2) is 0 Å². The molecule has 1 saturated heterocycles. The summed E-state index contributed by atoms with van der Waals surface area (Å²) in [5.74, 6) is 0. The van der Waals surface area contributed by atoms with E-state index in [-0.39, 0.29) is 11.3 Å². The second-order valence-corrected chi connectivity index (χ2v) is 9.34. The van der Waals surface area contributed by atoms with E-state index in [1.807, 2.05) is 55.2 Å². The van der Waals surface area contributed by atoms with Gasteiger partial charge in [0.2, 0.25) is 0 Å². The highest BCUT2D eigenvalue weighted by atomic mass is 31.2. The van der Waals surface area contributed by atoms with Gasteiger partial charge in [0.25, 0.3) is 0 Å². The molecule has 2 aromatic carbocycles. The third kappa shape index (κ3) is 2.47. The first-order chi connectivity index (χ1) is 10.1. The van der Waals surface area contributed by atoms with Crippen molar-refractivity contribution in [1.82, 2.24) is 4.67 Å². The van der Waals surface area contributed by atoms with Gasteiger partial charge in [0.05, 0.1) is 11.3 Å². The van der Waals surface area contributed by atoms with Gasteiger partial charge in [-0.05, 0) is 38.1 Å². The predicted octanol–water partition coefficient (Wildman–Crippen LogP) is 5.10. The van der Waals surface area contributed by atoms with Gasteiger partial charge in [0.1, 0.15) is 0 Å². The van der Waals surface area contributed by atoms with Crippen molar-refractivity contribution in [2.75, 3.05) is 14.1 Å². The third-order valence-corrected chi connectivity index (χ3v) is 8.75. The Kier molecular flexibility index (Phi) is 4.01. The summed E-state index contributed by atoms with van der Waals surface area (Å²) in [6.45, 7) is 0. The van der Waals surface area contributed by atoms with Gasteiger partial charge in [0, 0.05) is 0 Å². The molecule has 1 aliphatic heterocycles. The van der Waals surface area contributed by atoms with Crippen LogP contribution in [0.3, 0.4) is 0 Å². The summed E-state index contributed by atoms with van der Waals surface area (Å²) in [5.41, 5.74) is 2.73. The molecule has 2 nitrogen and oxygen atoms in total. The van der Waals surface area contributed by atoms with Gasteiger partial charge in [0.15, 0.2) is 7.29 Å². The van der Waals surface area contributed by atoms with Gasteiger partial charge in [-0.15, -0.1) is 0 Å². The highest BCUT2D eigenvalue weighted by molar-refractivity contribution is 7.62. The molecule has 2 atom stereocenters. The summed E-state index contributed by atoms with van der Waals surface area (Å²) < 4.78 is 15.9. The molecule has 1 aliphatic rings. The lowest BCUT2D eigenvalue weighted by Crippen LogP contribution is -2.14. The van der Waals surface area contributed by atoms with Crippen LogP contribution in [0.25, 0.3) is 0 Å². The lowest BCUT2D eigenvalue weighted by atomic mass is 10.0. The van der Waals surface area contributed by atoms with Crippen LogP contribution in [0.5, 0.6) is 0 Å². The smallest absolute Gasteiger partial charge is 0.164 e. The quantitative estimate of drug-likeness (QED) is 0.735. The van der Waals surface area contributed by atoms with E-state index in [4.69, 9.17) is 0 Å². The molecule has 3 heteroatoms. The molecule has 2 aromatic rings. The molecule has 3 rings (SSSR count). The zero-order chi connectivity index (χ0) is 14.9. The van der Waals surface area contributed by atoms with Crippen LogP contribution >= 0.6 is 7.29 Å². The maximum absolute atomic E-state index is 13.9. The van der Waals surface area contributed by atoms with E-state index < -0.39 is 7.29 Å². The molecule has 21 heavy (non-hydrogen) atoms. The molecule has 0 amide bonds. The second-order valence-electron chi connectivity index (χ2n) is 5.95. The summed E-state index contributed by atoms with van der Waals surface area (Å²) >= 11 is 0. The first-order valence-electron chi connectivity index (χ1n) is 7.51. The van der Waals surface area contributed by atoms with Crippen LogP contribution in [0.2, 0.25) is 0 Å². The fourth-order valence-corrected chi connectivity index (χ4v) is 7.36. The highest BCUT2D eigenvalue weighted by Gasteiger charge is 2.48. The maximum atomic E-state index is 13.9. The second kappa shape index (κ2) is 5.79. The summed E-state index contributed by atoms with van der Waals surface area (Å²) in [7, 11) is 1.47. The van der Waals surface area contributed by atoms with E-state index in [1.165, 1.54) is 11.1 Å². The van der Waals surface area contributed by atoms with Gasteiger partial charge in [-0.1, -0.05) is 60.7 Å². The number of hydrogen-bond acceptors (Lipinski definition) is 1. The minimum atomic E-state index is -2.47. The molecular formula is C18H22NOP. The third-order valence-electron chi connectivity index (χ3n) is 4.60. The van der Waals surface area contributed by atoms with Crippen LogP contribution in [0.1, 0.15) is 35.3 Å². The molecular weight excluding hydrogens is 277 g/mol. The molecule has 0 spiro atoms. The van der Waals surface area contributed by atoms with Crippen molar-refractivity contribution in [3.05, 3.63) is 71.8 Å². The monoisotopic (exact) mass is 299 g/mol. The number of rotatable bonds is 3. The maximum Gasteiger partial charge on any atom is 0.164 e. The Morgan fingerprint density at radius 3 is 1.52 bits per heavy atom. The van der Waals surface area contributed by atoms with Gasteiger partial charge in [-0.2, -0.15) is 0 Å². The van der Waals surface area contributed by atoms with Crippen molar-refractivity contribution in [3.8, 4) is 0 Å². The van der Waals surface area contributed by atoms with Crippen LogP contribution in [-0.2, 0) is 4.57 Å². The van der Waals surface area contributed by atoms with Crippen LogP contribution < -0.4 is 0 Å². The molecule has 0 radical (unpaired) electrons. The number of nitrogens with zero attached hydrogens (tertiary/aromatic N) is 1. The molecule has 0 saturated carbocycles. The van der Waals surface area contributed by atoms with Crippen LogP contribution in [-0.4, -0.2) is 18.8 Å². The Labute approximate surface area is 127 Å². The number of hydrogen-bond donors (Lipinski definition) is 0. The summed E-state index contributed by atoms with van der Waals surface area (Å²) in [4.78, 5) is 0. The minimum Gasteiger partial charge on any atom is -0.305 e. The van der Waals surface area contributed by atoms with E-state index in [0.29, 0.717) is 0 Å². The predicted molar refractivity (Wildman–Crippen MR) is 88.9 cm³/mol. The Morgan fingerprint density at radius 1 is 0.810 bits per heavy atom. The van der Waals surface area contributed by atoms with E-state index >= 15 is 0 Å². The van der Waals surface area contributed by atoms with Crippen LogP contribution in [0.15, 0.2) is 60.7 Å². The molecule has 0 N–H and O–H groups in total. The van der Waals surface area contributed by atoms with Crippen molar-refractivity contribution in [1.29, 1.82) is 0 Å². The zero-order valence-corrected chi connectivity index (χ0v) is 13.5. The fourth-order valence-electron chi connectivity index (χ4n) is 3.57. The van der Waals surface area contributed by atoms with Gasteiger partial charge < -0.3 is 4.57 Å². The Bertz CT molecular complexity index is 587. The first kappa shape index (κ1) is 14.6. The summed E-state index contributed by atoms with van der Waals surface area (Å²) in [6.07, 6.45) is 2.00. The Morgan fingerprint density at radius 2 is 1.19 bits per heavy atom. The first-order valence-corrected chi connectivity index (χ1v) is 9.31. The standard InChI is InChI=1S/C18H22NOP/c1-19(2)21(20)17(15-9-5-3-6-10-15)13-14-18(21)16-11-7-4-8-12-16/h3-12,17-18H,13-14H2,1-2H3. The van der Waals surface area contributed by atoms with Gasteiger partial charge >= 0.3 is 0 Å². The average Bonchev–Trinajstić information content (AvgIpc) is 2.88. The normalized spacial score (nSPS) is 28.9. The Balaban J connectivity index is 2.04. The van der Waals surface area contributed by atoms with Crippen LogP contribution in [0, 0.1) is 0 Å². The number of benzene rings is 2. The van der Waals surface area contributed by atoms with Crippen molar-refractivity contribution < 1.29 is 4.57 Å². The van der Waals surface area contributed by atoms with E-state index in [2.05, 4.69) is 24.3 Å². The Hall–Kier alpha value is -1.37. The van der Waals surface area contributed by atoms with E-state index in [0.717, 1.165) is 12.8 Å². The summed E-state index contributed by atoms with van der Waals surface area (Å²) in [5, 5.41) is 0. The molecule has 110 valence electrons. The van der Waals surface area contributed by atoms with Crippen molar-refractivity contribution in [3.63, 3.8) is 0 Å². The molecule has 0 aliphatic carbocycles. The van der Waals surface area contributed by atoms with Crippen molar-refractivity contribution in [2.24, 2.45) is 0 Å². The lowest BCUT2D eigenvalue weighted by molar-refractivity contribution is 0.502. The molecule has 0 aromatic heterocycles. The fraction of sp³-hybridized carbons (Fsp3) is 0.333. The zero-order valence-electron chi connectivity index (χ0n) is 12.6. The summed E-state index contributed by atoms with van der Waals surface area (Å²) in [6, 6.07) is 20.7. The molecule has 0 bridgehead atoms. The van der Waals surface area contributed by atoms with Crippen molar-refractivity contribution in [2.45, 2.75) is 24.2 Å². The largest absolute Gasteiger partial charge is 0.305 e. The minimum absolute atomic E-state index is 0.152. The molecule has 1 fully saturated rings. The topological polar surface area (TPSA) is 20.3 Å². The van der Waals surface area contributed by atoms with Crippen LogP contribution in [0.4, 0.5) is 0 Å².